The molecule has 3 aliphatic heterocycles. The predicted molar refractivity (Wildman–Crippen MR) is 102 cm³/mol. The van der Waals surface area contributed by atoms with Crippen LogP contribution in [0.3, 0.4) is 0 Å². The molecule has 1 aromatic carbocycles. The molecule has 7 heteroatoms. The molecule has 2 atom stereocenters. The molecule has 2 saturated heterocycles. The van der Waals surface area contributed by atoms with Gasteiger partial charge < -0.3 is 24.8 Å². The van der Waals surface area contributed by atoms with Gasteiger partial charge in [-0.2, -0.15) is 0 Å². The number of piperidine rings is 1. The molecule has 0 aromatic heterocycles. The standard InChI is InChI=1S/C20H27ClN2O4/c21-16-9-13(10-18-20(16)27-8-7-26-18)11-19(24)23-4-1-14(2-5-23)17-12-15(22)3-6-25-17/h9-10,14-15,17H,1-8,11-12,22H2. The summed E-state index contributed by atoms with van der Waals surface area (Å²) in [4.78, 5) is 14.7. The maximum atomic E-state index is 12.7. The Morgan fingerprint density at radius 2 is 1.93 bits per heavy atom. The zero-order valence-electron chi connectivity index (χ0n) is 15.5. The molecule has 0 aliphatic carbocycles. The van der Waals surface area contributed by atoms with Gasteiger partial charge in [-0.05, 0) is 49.3 Å². The van der Waals surface area contributed by atoms with Crippen LogP contribution in [0, 0.1) is 5.92 Å². The number of carbonyl (C=O) groups excluding carboxylic acids is 1. The lowest BCUT2D eigenvalue weighted by molar-refractivity contribution is -0.133. The van der Waals surface area contributed by atoms with Crippen molar-refractivity contribution in [3.63, 3.8) is 0 Å². The van der Waals surface area contributed by atoms with Gasteiger partial charge in [0.25, 0.3) is 0 Å². The van der Waals surface area contributed by atoms with Crippen molar-refractivity contribution in [2.24, 2.45) is 11.7 Å². The highest BCUT2D eigenvalue weighted by Gasteiger charge is 2.32. The molecule has 0 bridgehead atoms. The number of likely N-dealkylation sites (tertiary alicyclic amines) is 1. The molecule has 3 aliphatic rings. The van der Waals surface area contributed by atoms with E-state index in [0.29, 0.717) is 42.1 Å². The van der Waals surface area contributed by atoms with E-state index in [0.717, 1.165) is 50.9 Å². The fourth-order valence-electron chi connectivity index (χ4n) is 4.26. The van der Waals surface area contributed by atoms with Crippen LogP contribution in [0.1, 0.15) is 31.2 Å². The second kappa shape index (κ2) is 8.25. The Morgan fingerprint density at radius 1 is 1.15 bits per heavy atom. The smallest absolute Gasteiger partial charge is 0.226 e. The van der Waals surface area contributed by atoms with E-state index >= 15 is 0 Å². The maximum Gasteiger partial charge on any atom is 0.226 e. The number of nitrogens with zero attached hydrogens (tertiary/aromatic N) is 1. The van der Waals surface area contributed by atoms with Gasteiger partial charge in [-0.3, -0.25) is 4.79 Å². The molecule has 1 amide bonds. The molecule has 1 aromatic rings. The van der Waals surface area contributed by atoms with E-state index in [-0.39, 0.29) is 18.1 Å². The highest BCUT2D eigenvalue weighted by Crippen LogP contribution is 2.38. The van der Waals surface area contributed by atoms with Gasteiger partial charge in [0.05, 0.1) is 17.5 Å². The quantitative estimate of drug-likeness (QED) is 0.852. The minimum absolute atomic E-state index is 0.127. The summed E-state index contributed by atoms with van der Waals surface area (Å²) in [5.41, 5.74) is 6.94. The van der Waals surface area contributed by atoms with Gasteiger partial charge in [-0.15, -0.1) is 0 Å². The summed E-state index contributed by atoms with van der Waals surface area (Å²) >= 11 is 6.28. The molecule has 0 spiro atoms. The molecular formula is C20H27ClN2O4. The third kappa shape index (κ3) is 4.33. The van der Waals surface area contributed by atoms with Crippen molar-refractivity contribution >= 4 is 17.5 Å². The van der Waals surface area contributed by atoms with Crippen molar-refractivity contribution in [2.75, 3.05) is 32.9 Å². The van der Waals surface area contributed by atoms with Crippen molar-refractivity contribution < 1.29 is 19.0 Å². The van der Waals surface area contributed by atoms with Gasteiger partial charge in [0.2, 0.25) is 5.91 Å². The molecule has 6 nitrogen and oxygen atoms in total. The number of rotatable bonds is 3. The van der Waals surface area contributed by atoms with E-state index in [2.05, 4.69) is 0 Å². The number of fused-ring (bicyclic) bond motifs is 1. The zero-order chi connectivity index (χ0) is 18.8. The number of hydrogen-bond acceptors (Lipinski definition) is 5. The second-order valence-electron chi connectivity index (χ2n) is 7.69. The lowest BCUT2D eigenvalue weighted by Gasteiger charge is -2.38. The van der Waals surface area contributed by atoms with Crippen LogP contribution in [-0.2, 0) is 16.0 Å². The van der Waals surface area contributed by atoms with Crippen molar-refractivity contribution in [3.05, 3.63) is 22.7 Å². The number of hydrogen-bond donors (Lipinski definition) is 1. The van der Waals surface area contributed by atoms with Gasteiger partial charge in [0.1, 0.15) is 13.2 Å². The molecular weight excluding hydrogens is 368 g/mol. The van der Waals surface area contributed by atoms with Crippen LogP contribution in [0.2, 0.25) is 5.02 Å². The first-order chi connectivity index (χ1) is 13.1. The van der Waals surface area contributed by atoms with Crippen LogP contribution in [-0.4, -0.2) is 55.9 Å². The van der Waals surface area contributed by atoms with E-state index < -0.39 is 0 Å². The number of carbonyl (C=O) groups is 1. The third-order valence-corrected chi connectivity index (χ3v) is 6.07. The van der Waals surface area contributed by atoms with Gasteiger partial charge in [-0.1, -0.05) is 11.6 Å². The topological polar surface area (TPSA) is 74.0 Å². The average Bonchev–Trinajstić information content (AvgIpc) is 2.68. The van der Waals surface area contributed by atoms with Gasteiger partial charge in [0.15, 0.2) is 11.5 Å². The van der Waals surface area contributed by atoms with Crippen LogP contribution in [0.15, 0.2) is 12.1 Å². The fourth-order valence-corrected chi connectivity index (χ4v) is 4.54. The first-order valence-corrected chi connectivity index (χ1v) is 10.2. The molecule has 148 valence electrons. The van der Waals surface area contributed by atoms with E-state index in [1.165, 1.54) is 0 Å². The van der Waals surface area contributed by atoms with Crippen molar-refractivity contribution in [2.45, 2.75) is 44.2 Å². The average molecular weight is 395 g/mol. The Labute approximate surface area is 164 Å². The lowest BCUT2D eigenvalue weighted by atomic mass is 9.86. The molecule has 2 fully saturated rings. The summed E-state index contributed by atoms with van der Waals surface area (Å²) in [6, 6.07) is 3.92. The number of halogens is 1. The Bertz CT molecular complexity index is 691. The van der Waals surface area contributed by atoms with Gasteiger partial charge in [0, 0.05) is 25.7 Å². The first-order valence-electron chi connectivity index (χ1n) is 9.83. The largest absolute Gasteiger partial charge is 0.486 e. The summed E-state index contributed by atoms with van der Waals surface area (Å²) in [6.45, 7) is 3.31. The normalized spacial score (nSPS) is 26.1. The Balaban J connectivity index is 1.33. The SMILES string of the molecule is NC1CCOC(C2CCN(C(=O)Cc3cc(Cl)c4c(c3)OCCO4)CC2)C1. The summed E-state index contributed by atoms with van der Waals surface area (Å²) in [6.07, 6.45) is 4.42. The zero-order valence-corrected chi connectivity index (χ0v) is 16.2. The molecule has 0 radical (unpaired) electrons. The molecule has 2 unspecified atom stereocenters. The molecule has 4 rings (SSSR count). The van der Waals surface area contributed by atoms with E-state index in [1.54, 1.807) is 6.07 Å². The first kappa shape index (κ1) is 18.8. The van der Waals surface area contributed by atoms with Crippen molar-refractivity contribution in [3.8, 4) is 11.5 Å². The fraction of sp³-hybridized carbons (Fsp3) is 0.650. The van der Waals surface area contributed by atoms with Crippen LogP contribution >= 0.6 is 11.6 Å². The van der Waals surface area contributed by atoms with Crippen molar-refractivity contribution in [1.29, 1.82) is 0 Å². The van der Waals surface area contributed by atoms with Crippen LogP contribution in [0.25, 0.3) is 0 Å². The second-order valence-corrected chi connectivity index (χ2v) is 8.10. The predicted octanol–water partition coefficient (Wildman–Crippen LogP) is 2.40. The summed E-state index contributed by atoms with van der Waals surface area (Å²) in [7, 11) is 0. The number of nitrogens with two attached hydrogens (primary N) is 1. The highest BCUT2D eigenvalue weighted by molar-refractivity contribution is 6.32. The van der Waals surface area contributed by atoms with Crippen LogP contribution < -0.4 is 15.2 Å². The third-order valence-electron chi connectivity index (χ3n) is 5.79. The van der Waals surface area contributed by atoms with Crippen LogP contribution in [0.4, 0.5) is 0 Å². The minimum Gasteiger partial charge on any atom is -0.486 e. The van der Waals surface area contributed by atoms with E-state index in [4.69, 9.17) is 31.5 Å². The Kier molecular flexibility index (Phi) is 5.76. The minimum atomic E-state index is 0.127. The summed E-state index contributed by atoms with van der Waals surface area (Å²) < 4.78 is 17.1. The molecule has 3 heterocycles. The summed E-state index contributed by atoms with van der Waals surface area (Å²) in [5, 5.41) is 0.500. The van der Waals surface area contributed by atoms with Gasteiger partial charge >= 0.3 is 0 Å². The molecule has 0 saturated carbocycles. The van der Waals surface area contributed by atoms with E-state index in [1.807, 2.05) is 11.0 Å². The lowest BCUT2D eigenvalue weighted by Crippen LogP contribution is -2.45. The number of ether oxygens (including phenoxy) is 3. The van der Waals surface area contributed by atoms with Crippen molar-refractivity contribution in [1.82, 2.24) is 4.90 Å². The summed E-state index contributed by atoms with van der Waals surface area (Å²) in [5.74, 6) is 1.83. The Morgan fingerprint density at radius 3 is 2.70 bits per heavy atom. The highest BCUT2D eigenvalue weighted by atomic mass is 35.5. The molecule has 2 N–H and O–H groups in total. The molecule has 27 heavy (non-hydrogen) atoms. The number of benzene rings is 1. The van der Waals surface area contributed by atoms with Crippen LogP contribution in [0.5, 0.6) is 11.5 Å². The van der Waals surface area contributed by atoms with E-state index in [9.17, 15) is 4.79 Å². The monoisotopic (exact) mass is 394 g/mol. The van der Waals surface area contributed by atoms with Gasteiger partial charge in [-0.25, -0.2) is 0 Å². The number of amides is 1. The Hall–Kier alpha value is -1.50. The maximum absolute atomic E-state index is 12.7.